The molecule has 0 aliphatic carbocycles. The molecule has 0 aliphatic heterocycles. The van der Waals surface area contributed by atoms with E-state index in [1.165, 1.54) is 0 Å². The Balaban J connectivity index is 0.000000422. The molecule has 0 N–H and O–H groups in total. The van der Waals surface area contributed by atoms with Gasteiger partial charge < -0.3 is 0 Å². The van der Waals surface area contributed by atoms with Crippen molar-refractivity contribution in [2.24, 2.45) is 0 Å². The predicted molar refractivity (Wildman–Crippen MR) is 155 cm³/mol. The third kappa shape index (κ3) is 19.6. The molecule has 0 radical (unpaired) electrons. The number of hydrogen-bond acceptors (Lipinski definition) is 0. The molecule has 0 fully saturated rings. The van der Waals surface area contributed by atoms with Crippen molar-refractivity contribution in [3.05, 3.63) is 214 Å². The van der Waals surface area contributed by atoms with Gasteiger partial charge in [-0.15, -0.1) is 60.7 Å². The molecule has 0 amide bonds. The molecule has 0 heterocycles. The second-order valence-electron chi connectivity index (χ2n) is 7.43. The number of hydrogen-bond donors (Lipinski definition) is 0. The van der Waals surface area contributed by atoms with Gasteiger partial charge in [-0.3, -0.25) is 0 Å². The number of rotatable bonds is 0. The van der Waals surface area contributed by atoms with Gasteiger partial charge in [-0.2, -0.15) is 123 Å². The first-order valence-corrected chi connectivity index (χ1v) is 11.3. The fourth-order valence-corrected chi connectivity index (χ4v) is 2.39. The zero-order valence-corrected chi connectivity index (χ0v) is 24.1. The molecule has 180 valence electrons. The Labute approximate surface area is 235 Å². The Morgan fingerprint density at radius 1 is 0.222 bits per heavy atom. The van der Waals surface area contributed by atoms with E-state index in [-0.39, 0.29) is 22.4 Å². The molecule has 5 aromatic rings. The molecule has 0 saturated carbocycles. The summed E-state index contributed by atoms with van der Waals surface area (Å²) in [7, 11) is 0. The van der Waals surface area contributed by atoms with Crippen LogP contribution < -0.4 is 0 Å². The molecule has 36 heavy (non-hydrogen) atoms. The summed E-state index contributed by atoms with van der Waals surface area (Å²) in [6, 6.07) is 49.4. The molecular weight excluding hydrogens is 601 g/mol. The van der Waals surface area contributed by atoms with Crippen LogP contribution in [0.1, 0.15) is 27.8 Å². The second-order valence-corrected chi connectivity index (χ2v) is 7.43. The molecule has 0 nitrogen and oxygen atoms in total. The van der Waals surface area contributed by atoms with Crippen LogP contribution in [0.25, 0.3) is 0 Å². The third-order valence-corrected chi connectivity index (χ3v) is 4.21. The third-order valence-electron chi connectivity index (χ3n) is 4.21. The van der Waals surface area contributed by atoms with Gasteiger partial charge >= 0.3 is 22.4 Å². The first-order valence-electron chi connectivity index (χ1n) is 11.3. The Morgan fingerprint density at radius 3 is 0.389 bits per heavy atom. The monoisotopic (exact) mass is 636 g/mol. The fraction of sp³-hybridized carbons (Fsp3) is 0. The van der Waals surface area contributed by atoms with Crippen molar-refractivity contribution in [2.45, 2.75) is 0 Å². The summed E-state index contributed by atoms with van der Waals surface area (Å²) in [5.41, 5.74) is 5.36. The van der Waals surface area contributed by atoms with Crippen LogP contribution in [-0.4, -0.2) is 0 Å². The summed E-state index contributed by atoms with van der Waals surface area (Å²) in [5.74, 6) is 0. The molecule has 0 atom stereocenters. The molecule has 0 spiro atoms. The van der Waals surface area contributed by atoms with Gasteiger partial charge in [0.1, 0.15) is 0 Å². The van der Waals surface area contributed by atoms with Gasteiger partial charge in [0.2, 0.25) is 0 Å². The summed E-state index contributed by atoms with van der Waals surface area (Å²) in [5, 5.41) is 0. The average molecular weight is 637 g/mol. The maximum absolute atomic E-state index is 3.72. The largest absolute Gasteiger partial charge is 5.00 e. The van der Waals surface area contributed by atoms with Crippen LogP contribution in [0.5, 0.6) is 0 Å². The topological polar surface area (TPSA) is 0 Å². The van der Waals surface area contributed by atoms with Crippen LogP contribution in [0.3, 0.4) is 0 Å². The van der Waals surface area contributed by atoms with Crippen LogP contribution in [0, 0.1) is 34.6 Å². The van der Waals surface area contributed by atoms with Crippen LogP contribution in [0.2, 0.25) is 0 Å². The van der Waals surface area contributed by atoms with E-state index in [1.54, 1.807) is 0 Å². The summed E-state index contributed by atoms with van der Waals surface area (Å²) in [6.45, 7) is 18.6. The Morgan fingerprint density at radius 2 is 0.333 bits per heavy atom. The molecule has 5 rings (SSSR count). The molecule has 0 bridgehead atoms. The van der Waals surface area contributed by atoms with Crippen molar-refractivity contribution in [1.29, 1.82) is 0 Å². The molecule has 0 unspecified atom stereocenters. The zero-order valence-electron chi connectivity index (χ0n) is 20.9. The first kappa shape index (κ1) is 32.2. The van der Waals surface area contributed by atoms with Crippen LogP contribution >= 0.6 is 0 Å². The van der Waals surface area contributed by atoms with Crippen molar-refractivity contribution >= 4 is 0 Å². The van der Waals surface area contributed by atoms with Crippen molar-refractivity contribution in [3.63, 3.8) is 0 Å². The molecular formula is C35H35Ta. The van der Waals surface area contributed by atoms with Gasteiger partial charge in [0, 0.05) is 0 Å². The summed E-state index contributed by atoms with van der Waals surface area (Å²) < 4.78 is 0. The van der Waals surface area contributed by atoms with Crippen molar-refractivity contribution < 1.29 is 22.4 Å². The smallest absolute Gasteiger partial charge is 0.199 e. The average Bonchev–Trinajstić information content (AvgIpc) is 2.88. The summed E-state index contributed by atoms with van der Waals surface area (Å²) >= 11 is 0. The Kier molecular flexibility index (Phi) is 19.4. The van der Waals surface area contributed by atoms with Gasteiger partial charge in [-0.25, -0.2) is 0 Å². The minimum Gasteiger partial charge on any atom is -0.199 e. The van der Waals surface area contributed by atoms with E-state index < -0.39 is 0 Å². The standard InChI is InChI=1S/5C7H7.Ta/c5*1-7-5-3-2-4-6-7;/h5*2-6H,1H2;/q5*-1;+5. The van der Waals surface area contributed by atoms with E-state index >= 15 is 0 Å². The molecule has 1 heteroatoms. The molecule has 0 aliphatic rings. The van der Waals surface area contributed by atoms with Gasteiger partial charge in [0.15, 0.2) is 0 Å². The zero-order chi connectivity index (χ0) is 25.6. The predicted octanol–water partition coefficient (Wildman–Crippen LogP) is 9.34. The molecule has 0 saturated heterocycles. The van der Waals surface area contributed by atoms with Crippen molar-refractivity contribution in [2.75, 3.05) is 0 Å². The first-order chi connectivity index (χ1) is 17.0. The van der Waals surface area contributed by atoms with E-state index in [0.29, 0.717) is 0 Å². The SMILES string of the molecule is [CH2-]c1ccccc1.[CH2-]c1ccccc1.[CH2-]c1ccccc1.[CH2-]c1ccccc1.[CH2-]c1ccccc1.[Ta+5]. The van der Waals surface area contributed by atoms with E-state index in [0.717, 1.165) is 27.8 Å². The van der Waals surface area contributed by atoms with Crippen LogP contribution in [0.15, 0.2) is 152 Å². The van der Waals surface area contributed by atoms with Gasteiger partial charge in [-0.1, -0.05) is 30.3 Å². The minimum absolute atomic E-state index is 0. The second kappa shape index (κ2) is 21.7. The Bertz CT molecular complexity index is 874. The number of benzene rings is 5. The van der Waals surface area contributed by atoms with Crippen LogP contribution in [0.4, 0.5) is 0 Å². The van der Waals surface area contributed by atoms with Crippen molar-refractivity contribution in [3.8, 4) is 0 Å². The summed E-state index contributed by atoms with van der Waals surface area (Å²) in [6.07, 6.45) is 0. The van der Waals surface area contributed by atoms with E-state index in [9.17, 15) is 0 Å². The normalized spacial score (nSPS) is 8.33. The fourth-order valence-electron chi connectivity index (χ4n) is 2.39. The van der Waals surface area contributed by atoms with Crippen LogP contribution in [-0.2, 0) is 22.4 Å². The Hall–Kier alpha value is -3.81. The van der Waals surface area contributed by atoms with Crippen molar-refractivity contribution in [1.82, 2.24) is 0 Å². The van der Waals surface area contributed by atoms with Gasteiger partial charge in [0.05, 0.1) is 0 Å². The maximum atomic E-state index is 3.72. The van der Waals surface area contributed by atoms with E-state index in [2.05, 4.69) is 34.6 Å². The minimum atomic E-state index is 0. The van der Waals surface area contributed by atoms with Gasteiger partial charge in [0.25, 0.3) is 0 Å². The van der Waals surface area contributed by atoms with E-state index in [1.807, 2.05) is 152 Å². The van der Waals surface area contributed by atoms with Gasteiger partial charge in [-0.05, 0) is 0 Å². The molecule has 0 aromatic heterocycles. The maximum Gasteiger partial charge on any atom is 5.00 e. The molecule has 5 aromatic carbocycles. The van der Waals surface area contributed by atoms with E-state index in [4.69, 9.17) is 0 Å². The summed E-state index contributed by atoms with van der Waals surface area (Å²) in [4.78, 5) is 0. The quantitative estimate of drug-likeness (QED) is 0.149.